The third-order valence-electron chi connectivity index (χ3n) is 4.66. The van der Waals surface area contributed by atoms with Crippen LogP contribution in [-0.4, -0.2) is 48.8 Å². The van der Waals surface area contributed by atoms with E-state index in [0.717, 1.165) is 50.7 Å². The van der Waals surface area contributed by atoms with Gasteiger partial charge in [-0.3, -0.25) is 4.99 Å². The Labute approximate surface area is 165 Å². The summed E-state index contributed by atoms with van der Waals surface area (Å²) in [7, 11) is 1.79. The lowest BCUT2D eigenvalue weighted by Gasteiger charge is -2.20. The van der Waals surface area contributed by atoms with Crippen LogP contribution < -0.4 is 15.5 Å². The van der Waals surface area contributed by atoms with Gasteiger partial charge in [0.2, 0.25) is 0 Å². The first kappa shape index (κ1) is 19.3. The van der Waals surface area contributed by atoms with Crippen molar-refractivity contribution in [2.45, 2.75) is 25.3 Å². The molecule has 1 aliphatic heterocycles. The van der Waals surface area contributed by atoms with Crippen molar-refractivity contribution >= 4 is 23.4 Å². The number of hydrogen-bond acceptors (Lipinski definition) is 4. The van der Waals surface area contributed by atoms with E-state index in [9.17, 15) is 5.11 Å². The van der Waals surface area contributed by atoms with Crippen LogP contribution in [0.15, 0.2) is 47.6 Å². The lowest BCUT2D eigenvalue weighted by Crippen LogP contribution is -2.45. The third-order valence-corrected chi connectivity index (χ3v) is 4.96. The first-order valence-electron chi connectivity index (χ1n) is 9.26. The molecule has 1 fully saturated rings. The van der Waals surface area contributed by atoms with Gasteiger partial charge in [0.15, 0.2) is 5.96 Å². The maximum Gasteiger partial charge on any atom is 0.191 e. The zero-order chi connectivity index (χ0) is 19.1. The van der Waals surface area contributed by atoms with Crippen molar-refractivity contribution < 1.29 is 5.11 Å². The van der Waals surface area contributed by atoms with Crippen molar-refractivity contribution in [1.82, 2.24) is 15.6 Å². The number of aliphatic imine (C=N–C) groups is 1. The quantitative estimate of drug-likeness (QED) is 0.404. The molecule has 0 radical (unpaired) electrons. The summed E-state index contributed by atoms with van der Waals surface area (Å²) in [4.78, 5) is 10.9. The summed E-state index contributed by atoms with van der Waals surface area (Å²) < 4.78 is 0. The number of rotatable bonds is 6. The molecule has 6 nitrogen and oxygen atoms in total. The lowest BCUT2D eigenvalue weighted by molar-refractivity contribution is 0.475. The molecular weight excluding hydrogens is 362 g/mol. The standard InChI is InChI=1S/C20H26ClN5O/c1-22-20(24-12-2-4-15-6-8-17(27)9-7-15)25-16-10-13-26(14-16)19-18(21)5-3-11-23-19/h3,5-9,11,16,27H,2,4,10,12-14H2,1H3,(H2,22,24,25). The van der Waals surface area contributed by atoms with Crippen LogP contribution in [0.3, 0.4) is 0 Å². The van der Waals surface area contributed by atoms with Gasteiger partial charge in [0.05, 0.1) is 5.02 Å². The molecule has 2 aromatic rings. The van der Waals surface area contributed by atoms with Crippen molar-refractivity contribution in [2.75, 3.05) is 31.6 Å². The van der Waals surface area contributed by atoms with Gasteiger partial charge >= 0.3 is 0 Å². The van der Waals surface area contributed by atoms with Gasteiger partial charge in [-0.2, -0.15) is 0 Å². The second-order valence-corrected chi connectivity index (χ2v) is 7.06. The minimum absolute atomic E-state index is 0.305. The van der Waals surface area contributed by atoms with E-state index in [1.54, 1.807) is 25.4 Å². The number of benzene rings is 1. The molecule has 0 bridgehead atoms. The predicted octanol–water partition coefficient (Wildman–Crippen LogP) is 2.82. The maximum atomic E-state index is 9.32. The van der Waals surface area contributed by atoms with Crippen LogP contribution in [0.5, 0.6) is 5.75 Å². The fraction of sp³-hybridized carbons (Fsp3) is 0.400. The fourth-order valence-electron chi connectivity index (χ4n) is 3.23. The summed E-state index contributed by atoms with van der Waals surface area (Å²) in [6, 6.07) is 11.4. The lowest BCUT2D eigenvalue weighted by atomic mass is 10.1. The Kier molecular flexibility index (Phi) is 6.76. The number of nitrogens with one attached hydrogen (secondary N) is 2. The van der Waals surface area contributed by atoms with E-state index in [1.807, 2.05) is 24.3 Å². The minimum atomic E-state index is 0.305. The van der Waals surface area contributed by atoms with Gasteiger partial charge in [-0.25, -0.2) is 4.98 Å². The third kappa shape index (κ3) is 5.50. The Morgan fingerprint density at radius 1 is 1.33 bits per heavy atom. The van der Waals surface area contributed by atoms with E-state index in [1.165, 1.54) is 5.56 Å². The summed E-state index contributed by atoms with van der Waals surface area (Å²) in [5.41, 5.74) is 1.22. The number of nitrogens with zero attached hydrogens (tertiary/aromatic N) is 3. The Bertz CT molecular complexity index is 765. The van der Waals surface area contributed by atoms with E-state index in [0.29, 0.717) is 16.8 Å². The highest BCUT2D eigenvalue weighted by Crippen LogP contribution is 2.25. The van der Waals surface area contributed by atoms with Crippen molar-refractivity contribution in [1.29, 1.82) is 0 Å². The monoisotopic (exact) mass is 387 g/mol. The fourth-order valence-corrected chi connectivity index (χ4v) is 3.47. The van der Waals surface area contributed by atoms with Crippen molar-refractivity contribution in [3.63, 3.8) is 0 Å². The molecule has 1 atom stereocenters. The molecule has 1 unspecified atom stereocenters. The molecule has 0 aliphatic carbocycles. The maximum absolute atomic E-state index is 9.32. The average molecular weight is 388 g/mol. The van der Waals surface area contributed by atoms with Gasteiger partial charge in [0.25, 0.3) is 0 Å². The summed E-state index contributed by atoms with van der Waals surface area (Å²) in [5.74, 6) is 1.97. The zero-order valence-corrected chi connectivity index (χ0v) is 16.3. The summed E-state index contributed by atoms with van der Waals surface area (Å²) in [6.45, 7) is 2.61. The molecule has 2 heterocycles. The number of aromatic hydroxyl groups is 1. The topological polar surface area (TPSA) is 72.8 Å². The number of aryl methyl sites for hydroxylation is 1. The Hall–Kier alpha value is -2.47. The first-order valence-corrected chi connectivity index (χ1v) is 9.64. The Morgan fingerprint density at radius 2 is 2.15 bits per heavy atom. The second-order valence-electron chi connectivity index (χ2n) is 6.65. The molecule has 0 spiro atoms. The molecule has 1 saturated heterocycles. The van der Waals surface area contributed by atoms with Crippen molar-refractivity contribution in [3.05, 3.63) is 53.2 Å². The minimum Gasteiger partial charge on any atom is -0.508 e. The number of aromatic nitrogens is 1. The SMILES string of the molecule is CN=C(NCCCc1ccc(O)cc1)NC1CCN(c2ncccc2Cl)C1. The summed E-state index contributed by atoms with van der Waals surface area (Å²) in [5, 5.41) is 16.9. The van der Waals surface area contributed by atoms with Gasteiger partial charge in [-0.15, -0.1) is 0 Å². The van der Waals surface area contributed by atoms with E-state index < -0.39 is 0 Å². The van der Waals surface area contributed by atoms with Crippen LogP contribution in [0.1, 0.15) is 18.4 Å². The largest absolute Gasteiger partial charge is 0.508 e. The van der Waals surface area contributed by atoms with Crippen LogP contribution in [0, 0.1) is 0 Å². The van der Waals surface area contributed by atoms with Crippen LogP contribution in [-0.2, 0) is 6.42 Å². The summed E-state index contributed by atoms with van der Waals surface area (Å²) in [6.07, 6.45) is 4.74. The molecule has 1 aromatic heterocycles. The highest BCUT2D eigenvalue weighted by Gasteiger charge is 2.25. The molecule has 7 heteroatoms. The predicted molar refractivity (Wildman–Crippen MR) is 111 cm³/mol. The smallest absolute Gasteiger partial charge is 0.191 e. The van der Waals surface area contributed by atoms with Gasteiger partial charge in [0.1, 0.15) is 11.6 Å². The van der Waals surface area contributed by atoms with Gasteiger partial charge < -0.3 is 20.6 Å². The van der Waals surface area contributed by atoms with E-state index in [-0.39, 0.29) is 0 Å². The van der Waals surface area contributed by atoms with Crippen LogP contribution in [0.4, 0.5) is 5.82 Å². The Morgan fingerprint density at radius 3 is 2.89 bits per heavy atom. The van der Waals surface area contributed by atoms with Gasteiger partial charge in [-0.1, -0.05) is 23.7 Å². The molecule has 3 N–H and O–H groups in total. The Balaban J connectivity index is 1.41. The van der Waals surface area contributed by atoms with E-state index in [2.05, 4.69) is 25.5 Å². The molecule has 1 aliphatic rings. The van der Waals surface area contributed by atoms with Crippen molar-refractivity contribution in [2.24, 2.45) is 4.99 Å². The number of phenols is 1. The van der Waals surface area contributed by atoms with Crippen LogP contribution in [0.25, 0.3) is 0 Å². The van der Waals surface area contributed by atoms with Gasteiger partial charge in [-0.05, 0) is 49.1 Å². The zero-order valence-electron chi connectivity index (χ0n) is 15.5. The average Bonchev–Trinajstić information content (AvgIpc) is 3.14. The second kappa shape index (κ2) is 9.46. The van der Waals surface area contributed by atoms with E-state index in [4.69, 9.17) is 11.6 Å². The normalized spacial score (nSPS) is 17.2. The number of phenolic OH excluding ortho intramolecular Hbond substituents is 1. The number of hydrogen-bond donors (Lipinski definition) is 3. The number of guanidine groups is 1. The molecular formula is C20H26ClN5O. The molecule has 27 heavy (non-hydrogen) atoms. The van der Waals surface area contributed by atoms with Gasteiger partial charge in [0, 0.05) is 38.9 Å². The van der Waals surface area contributed by atoms with Crippen LogP contribution >= 0.6 is 11.6 Å². The molecule has 1 aromatic carbocycles. The molecule has 0 saturated carbocycles. The summed E-state index contributed by atoms with van der Waals surface area (Å²) >= 11 is 6.25. The van der Waals surface area contributed by atoms with Crippen LogP contribution in [0.2, 0.25) is 5.02 Å². The highest BCUT2D eigenvalue weighted by molar-refractivity contribution is 6.32. The molecule has 144 valence electrons. The first-order chi connectivity index (χ1) is 13.2. The number of anilines is 1. The van der Waals surface area contributed by atoms with Crippen molar-refractivity contribution in [3.8, 4) is 5.75 Å². The molecule has 0 amide bonds. The number of halogens is 1. The van der Waals surface area contributed by atoms with E-state index >= 15 is 0 Å². The highest BCUT2D eigenvalue weighted by atomic mass is 35.5. The molecule has 3 rings (SSSR count). The number of pyridine rings is 1.